The number of hydrogen-bond acceptors (Lipinski definition) is 5. The van der Waals surface area contributed by atoms with Gasteiger partial charge in [0.25, 0.3) is 0 Å². The molecule has 1 saturated carbocycles. The fraction of sp³-hybridized carbons (Fsp3) is 0.346. The summed E-state index contributed by atoms with van der Waals surface area (Å²) in [5.41, 5.74) is 1.12. The van der Waals surface area contributed by atoms with Crippen molar-refractivity contribution in [3.8, 4) is 0 Å². The second-order valence-electron chi connectivity index (χ2n) is 8.72. The minimum Gasteiger partial charge on any atom is -0.350 e. The van der Waals surface area contributed by atoms with Crippen LogP contribution < -0.4 is 16.0 Å². The molecule has 0 aliphatic heterocycles. The van der Waals surface area contributed by atoms with E-state index < -0.39 is 41.3 Å². The summed E-state index contributed by atoms with van der Waals surface area (Å²) >= 11 is 0. The van der Waals surface area contributed by atoms with E-state index in [1.54, 1.807) is 6.07 Å². The average Bonchev–Trinajstić information content (AvgIpc) is 3.71. The number of Topliss-reactive ketones (excluding diaryl/α,β-unsaturated/α-hetero) is 1. The zero-order valence-corrected chi connectivity index (χ0v) is 19.6. The van der Waals surface area contributed by atoms with Crippen molar-refractivity contribution in [3.63, 3.8) is 0 Å². The molecule has 3 rings (SSSR count). The second-order valence-corrected chi connectivity index (χ2v) is 8.72. The summed E-state index contributed by atoms with van der Waals surface area (Å²) in [6.45, 7) is 0.0646. The smallest absolute Gasteiger partial charge is 0.243 e. The minimum absolute atomic E-state index is 0.00536. The van der Waals surface area contributed by atoms with Gasteiger partial charge in [-0.15, -0.1) is 0 Å². The van der Waals surface area contributed by atoms with E-state index in [1.807, 2.05) is 0 Å². The van der Waals surface area contributed by atoms with Gasteiger partial charge in [-0.25, -0.2) is 8.78 Å². The Balaban J connectivity index is 1.71. The van der Waals surface area contributed by atoms with Gasteiger partial charge >= 0.3 is 0 Å². The Labute approximate surface area is 207 Å². The quantitative estimate of drug-likeness (QED) is 0.316. The summed E-state index contributed by atoms with van der Waals surface area (Å²) in [6, 6.07) is 8.97. The zero-order valence-electron chi connectivity index (χ0n) is 19.6. The van der Waals surface area contributed by atoms with E-state index in [0.29, 0.717) is 17.3 Å². The van der Waals surface area contributed by atoms with Crippen molar-refractivity contribution >= 4 is 29.7 Å². The molecular formula is C26H28F2N4O4. The molecular weight excluding hydrogens is 470 g/mol. The van der Waals surface area contributed by atoms with E-state index in [4.69, 9.17) is 5.41 Å². The number of ketones is 1. The third kappa shape index (κ3) is 8.37. The second kappa shape index (κ2) is 12.7. The summed E-state index contributed by atoms with van der Waals surface area (Å²) in [7, 11) is 0. The van der Waals surface area contributed by atoms with Crippen molar-refractivity contribution < 1.29 is 28.0 Å². The molecule has 190 valence electrons. The number of carbonyl (C=O) groups is 4. The van der Waals surface area contributed by atoms with Gasteiger partial charge in [0.2, 0.25) is 17.7 Å². The van der Waals surface area contributed by atoms with Crippen LogP contribution >= 0.6 is 0 Å². The lowest BCUT2D eigenvalue weighted by Crippen LogP contribution is -2.54. The topological polar surface area (TPSA) is 128 Å². The Bertz CT molecular complexity index is 1120. The molecule has 10 heteroatoms. The highest BCUT2D eigenvalue weighted by Gasteiger charge is 2.34. The largest absolute Gasteiger partial charge is 0.350 e. The molecule has 0 unspecified atom stereocenters. The molecule has 1 fully saturated rings. The number of carbonyl (C=O) groups excluding carboxylic acids is 4. The first kappa shape index (κ1) is 26.7. The van der Waals surface area contributed by atoms with E-state index >= 15 is 0 Å². The molecule has 0 radical (unpaired) electrons. The fourth-order valence-corrected chi connectivity index (χ4v) is 3.56. The van der Waals surface area contributed by atoms with E-state index in [0.717, 1.165) is 12.8 Å². The third-order valence-corrected chi connectivity index (χ3v) is 5.76. The van der Waals surface area contributed by atoms with Crippen molar-refractivity contribution in [2.45, 2.75) is 50.7 Å². The molecule has 4 N–H and O–H groups in total. The molecule has 0 bridgehead atoms. The summed E-state index contributed by atoms with van der Waals surface area (Å²) < 4.78 is 26.8. The Morgan fingerprint density at radius 2 is 1.64 bits per heavy atom. The standard InChI is InChI=1S/C26H28F2N4O4/c27-19-8-4-16(5-9-19)15-30-25(35)22(11-10-21(33)14-29)31-26(36)23(32-24(34)18-6-7-18)13-17-2-1-3-20(28)12-17/h1-5,8-9,12,14,18,22-23,29H,6-7,10-11,13,15H2,(H,30,35)(H,31,36)(H,32,34)/t22-,23-/m0/s1. The zero-order chi connectivity index (χ0) is 26.1. The summed E-state index contributed by atoms with van der Waals surface area (Å²) in [5.74, 6) is -3.11. The van der Waals surface area contributed by atoms with Crippen molar-refractivity contribution in [3.05, 3.63) is 71.3 Å². The van der Waals surface area contributed by atoms with E-state index in [-0.39, 0.29) is 37.6 Å². The van der Waals surface area contributed by atoms with E-state index in [9.17, 15) is 28.0 Å². The summed E-state index contributed by atoms with van der Waals surface area (Å²) in [6.07, 6.45) is 1.86. The molecule has 3 amide bonds. The van der Waals surface area contributed by atoms with Gasteiger partial charge < -0.3 is 21.4 Å². The Morgan fingerprint density at radius 1 is 0.917 bits per heavy atom. The first-order valence-corrected chi connectivity index (χ1v) is 11.7. The van der Waals surface area contributed by atoms with Crippen LogP contribution in [0.3, 0.4) is 0 Å². The number of amides is 3. The summed E-state index contributed by atoms with van der Waals surface area (Å²) in [5, 5.41) is 15.0. The maximum Gasteiger partial charge on any atom is 0.243 e. The minimum atomic E-state index is -1.13. The lowest BCUT2D eigenvalue weighted by molar-refractivity contribution is -0.132. The van der Waals surface area contributed by atoms with Crippen LogP contribution in [0.1, 0.15) is 36.8 Å². The van der Waals surface area contributed by atoms with E-state index in [2.05, 4.69) is 16.0 Å². The van der Waals surface area contributed by atoms with Crippen LogP contribution in [-0.2, 0) is 32.1 Å². The monoisotopic (exact) mass is 498 g/mol. The van der Waals surface area contributed by atoms with Gasteiger partial charge in [-0.05, 0) is 54.7 Å². The number of benzene rings is 2. The van der Waals surface area contributed by atoms with Crippen molar-refractivity contribution in [2.24, 2.45) is 5.92 Å². The summed E-state index contributed by atoms with van der Waals surface area (Å²) in [4.78, 5) is 50.1. The van der Waals surface area contributed by atoms with Crippen LogP contribution in [0, 0.1) is 23.0 Å². The average molecular weight is 499 g/mol. The molecule has 2 atom stereocenters. The highest BCUT2D eigenvalue weighted by atomic mass is 19.1. The van der Waals surface area contributed by atoms with Crippen LogP contribution in [0.5, 0.6) is 0 Å². The highest BCUT2D eigenvalue weighted by Crippen LogP contribution is 2.29. The molecule has 2 aromatic carbocycles. The lowest BCUT2D eigenvalue weighted by Gasteiger charge is -2.23. The first-order valence-electron chi connectivity index (χ1n) is 11.7. The predicted octanol–water partition coefficient (Wildman–Crippen LogP) is 2.20. The third-order valence-electron chi connectivity index (χ3n) is 5.76. The first-order chi connectivity index (χ1) is 17.2. The van der Waals surface area contributed by atoms with Crippen LogP contribution in [0.25, 0.3) is 0 Å². The van der Waals surface area contributed by atoms with Crippen molar-refractivity contribution in [1.29, 1.82) is 5.41 Å². The molecule has 0 saturated heterocycles. The van der Waals surface area contributed by atoms with E-state index in [1.165, 1.54) is 42.5 Å². The van der Waals surface area contributed by atoms with Gasteiger partial charge in [0.05, 0.1) is 6.21 Å². The Kier molecular flexibility index (Phi) is 9.38. The van der Waals surface area contributed by atoms with Gasteiger partial charge in [-0.1, -0.05) is 24.3 Å². The molecule has 2 aromatic rings. The predicted molar refractivity (Wildman–Crippen MR) is 128 cm³/mol. The number of halogens is 2. The van der Waals surface area contributed by atoms with Crippen molar-refractivity contribution in [1.82, 2.24) is 16.0 Å². The normalized spacial score (nSPS) is 14.3. The van der Waals surface area contributed by atoms with Crippen molar-refractivity contribution in [2.75, 3.05) is 0 Å². The van der Waals surface area contributed by atoms with Crippen LogP contribution in [0.2, 0.25) is 0 Å². The van der Waals surface area contributed by atoms with Crippen LogP contribution in [0.15, 0.2) is 48.5 Å². The Hall–Kier alpha value is -3.95. The number of rotatable bonds is 13. The van der Waals surface area contributed by atoms with Gasteiger partial charge in [0.15, 0.2) is 5.78 Å². The van der Waals surface area contributed by atoms with Gasteiger partial charge in [0, 0.05) is 25.3 Å². The van der Waals surface area contributed by atoms with Crippen LogP contribution in [-0.4, -0.2) is 41.8 Å². The SMILES string of the molecule is N=CC(=O)CC[C@H](NC(=O)[C@H](Cc1cccc(F)c1)NC(=O)C1CC1)C(=O)NCc1ccc(F)cc1. The molecule has 1 aliphatic carbocycles. The maximum absolute atomic E-state index is 13.7. The highest BCUT2D eigenvalue weighted by molar-refractivity contribution is 6.26. The number of nitrogens with one attached hydrogen (secondary N) is 4. The maximum atomic E-state index is 13.7. The molecule has 0 spiro atoms. The lowest BCUT2D eigenvalue weighted by atomic mass is 10.0. The Morgan fingerprint density at radius 3 is 2.28 bits per heavy atom. The van der Waals surface area contributed by atoms with Gasteiger partial charge in [0.1, 0.15) is 23.7 Å². The molecule has 0 heterocycles. The molecule has 0 aromatic heterocycles. The van der Waals surface area contributed by atoms with Gasteiger partial charge in [-0.2, -0.15) is 0 Å². The number of hydrogen-bond donors (Lipinski definition) is 4. The molecule has 1 aliphatic rings. The molecule has 36 heavy (non-hydrogen) atoms. The molecule has 8 nitrogen and oxygen atoms in total. The van der Waals surface area contributed by atoms with Crippen LogP contribution in [0.4, 0.5) is 8.78 Å². The van der Waals surface area contributed by atoms with Gasteiger partial charge in [-0.3, -0.25) is 19.2 Å². The fourth-order valence-electron chi connectivity index (χ4n) is 3.56.